The number of amidine groups is 1. The van der Waals surface area contributed by atoms with Crippen molar-refractivity contribution in [2.45, 2.75) is 12.5 Å². The molecule has 5 nitrogen and oxygen atoms in total. The molecule has 1 aliphatic rings. The lowest BCUT2D eigenvalue weighted by molar-refractivity contribution is -0.129. The summed E-state index contributed by atoms with van der Waals surface area (Å²) in [5, 5.41) is 2.20. The van der Waals surface area contributed by atoms with Crippen LogP contribution in [0.1, 0.15) is 12.5 Å². The summed E-state index contributed by atoms with van der Waals surface area (Å²) in [4.78, 5) is 17.6. The molecule has 2 aromatic carbocycles. The van der Waals surface area contributed by atoms with Crippen LogP contribution in [0.2, 0.25) is 0 Å². The number of amides is 1. The number of thioether (sulfide) groups is 1. The quantitative estimate of drug-likeness (QED) is 0.940. The summed E-state index contributed by atoms with van der Waals surface area (Å²) in [7, 11) is 0. The highest BCUT2D eigenvalue weighted by atomic mass is 32.2. The molecule has 0 bridgehead atoms. The Balaban J connectivity index is 0.00000192. The van der Waals surface area contributed by atoms with Gasteiger partial charge in [0.2, 0.25) is 0 Å². The third-order valence-electron chi connectivity index (χ3n) is 3.66. The average Bonchev–Trinajstić information content (AvgIpc) is 2.82. The Kier molecular flexibility index (Phi) is 5.08. The Morgan fingerprint density at radius 2 is 1.61 bits per heavy atom. The Bertz CT molecular complexity index is 706. The number of nitrogens with one attached hydrogen (secondary N) is 1. The highest BCUT2D eigenvalue weighted by Crippen LogP contribution is 2.35. The predicted octanol–water partition coefficient (Wildman–Crippen LogP) is 2.67. The first-order chi connectivity index (χ1) is 10.6. The lowest BCUT2D eigenvalue weighted by Crippen LogP contribution is -2.42. The number of rotatable bonds is 3. The van der Waals surface area contributed by atoms with E-state index in [1.165, 1.54) is 16.8 Å². The minimum Gasteiger partial charge on any atom is -0.412 e. The first kappa shape index (κ1) is 17.1. The van der Waals surface area contributed by atoms with Gasteiger partial charge in [-0.15, -0.1) is 0 Å². The van der Waals surface area contributed by atoms with E-state index in [0.29, 0.717) is 5.17 Å². The summed E-state index contributed by atoms with van der Waals surface area (Å²) >= 11 is 1.45. The van der Waals surface area contributed by atoms with Crippen molar-refractivity contribution < 1.29 is 10.3 Å². The third kappa shape index (κ3) is 3.09. The van der Waals surface area contributed by atoms with E-state index >= 15 is 0 Å². The monoisotopic (exact) mass is 329 g/mol. The highest BCUT2D eigenvalue weighted by molar-refractivity contribution is 8.13. The summed E-state index contributed by atoms with van der Waals surface area (Å²) < 4.78 is 0. The maximum absolute atomic E-state index is 12.9. The third-order valence-corrected chi connectivity index (χ3v) is 4.30. The van der Waals surface area contributed by atoms with Gasteiger partial charge in [-0.25, -0.2) is 4.99 Å². The maximum atomic E-state index is 12.9. The fourth-order valence-electron chi connectivity index (χ4n) is 2.42. The minimum atomic E-state index is -0.888. The van der Waals surface area contributed by atoms with Gasteiger partial charge in [-0.1, -0.05) is 60.3 Å². The van der Waals surface area contributed by atoms with E-state index in [0.717, 1.165) is 11.3 Å². The second-order valence-corrected chi connectivity index (χ2v) is 5.93. The van der Waals surface area contributed by atoms with Crippen molar-refractivity contribution in [2.75, 3.05) is 11.7 Å². The summed E-state index contributed by atoms with van der Waals surface area (Å²) in [6.07, 6.45) is 1.92. The first-order valence-electron chi connectivity index (χ1n) is 7.01. The predicted molar refractivity (Wildman–Crippen MR) is 95.3 cm³/mol. The zero-order valence-corrected chi connectivity index (χ0v) is 13.8. The lowest BCUT2D eigenvalue weighted by Gasteiger charge is -2.23. The number of carbonyl (C=O) groups is 1. The van der Waals surface area contributed by atoms with Gasteiger partial charge in [0.15, 0.2) is 10.7 Å². The number of carbonyl (C=O) groups excluding carboxylic acids is 1. The number of para-hydroxylation sites is 1. The minimum absolute atomic E-state index is 0. The second-order valence-electron chi connectivity index (χ2n) is 5.16. The molecule has 0 spiro atoms. The van der Waals surface area contributed by atoms with Gasteiger partial charge in [0.25, 0.3) is 5.91 Å². The van der Waals surface area contributed by atoms with Crippen LogP contribution in [-0.4, -0.2) is 27.8 Å². The summed E-state index contributed by atoms with van der Waals surface area (Å²) in [6.45, 7) is 1.85. The van der Waals surface area contributed by atoms with E-state index in [1.807, 2.05) is 73.8 Å². The van der Waals surface area contributed by atoms with Crippen LogP contribution >= 0.6 is 11.8 Å². The van der Waals surface area contributed by atoms with Crippen LogP contribution in [-0.2, 0) is 10.3 Å². The number of aliphatic imine (C=N–C) groups is 1. The van der Waals surface area contributed by atoms with Crippen molar-refractivity contribution in [1.82, 2.24) is 5.01 Å². The normalized spacial score (nSPS) is 20.0. The fraction of sp³-hybridized carbons (Fsp3) is 0.176. The number of hydrazine groups is 1. The van der Waals surface area contributed by atoms with Crippen molar-refractivity contribution in [1.29, 1.82) is 0 Å². The molecule has 1 amide bonds. The summed E-state index contributed by atoms with van der Waals surface area (Å²) in [5.41, 5.74) is 4.01. The van der Waals surface area contributed by atoms with Gasteiger partial charge in [0.1, 0.15) is 0 Å². The zero-order valence-electron chi connectivity index (χ0n) is 13.0. The average molecular weight is 329 g/mol. The number of anilines is 1. The molecule has 23 heavy (non-hydrogen) atoms. The van der Waals surface area contributed by atoms with Gasteiger partial charge in [0, 0.05) is 0 Å². The van der Waals surface area contributed by atoms with Crippen molar-refractivity contribution in [2.24, 2.45) is 4.99 Å². The van der Waals surface area contributed by atoms with Crippen molar-refractivity contribution in [3.63, 3.8) is 0 Å². The molecule has 0 saturated carbocycles. The number of hydrogen-bond donors (Lipinski definition) is 1. The number of hydrogen-bond acceptors (Lipinski definition) is 4. The van der Waals surface area contributed by atoms with Crippen molar-refractivity contribution in [3.05, 3.63) is 66.2 Å². The van der Waals surface area contributed by atoms with Crippen molar-refractivity contribution >= 4 is 28.5 Å². The molecular formula is C17H19N3O2S. The van der Waals surface area contributed by atoms with Crippen molar-refractivity contribution in [3.8, 4) is 0 Å². The smallest absolute Gasteiger partial charge is 0.279 e. The molecule has 0 unspecified atom stereocenters. The highest BCUT2D eigenvalue weighted by Gasteiger charge is 2.46. The van der Waals surface area contributed by atoms with Crippen LogP contribution in [0.4, 0.5) is 5.69 Å². The number of nitrogens with zero attached hydrogens (tertiary/aromatic N) is 2. The molecule has 0 radical (unpaired) electrons. The molecule has 1 heterocycles. The lowest BCUT2D eigenvalue weighted by atomic mass is 9.92. The van der Waals surface area contributed by atoms with E-state index in [9.17, 15) is 4.79 Å². The molecule has 3 N–H and O–H groups in total. The molecule has 3 rings (SSSR count). The molecule has 120 valence electrons. The van der Waals surface area contributed by atoms with E-state index in [1.54, 1.807) is 0 Å². The summed E-state index contributed by atoms with van der Waals surface area (Å²) in [6, 6.07) is 19.3. The van der Waals surface area contributed by atoms with E-state index in [-0.39, 0.29) is 11.4 Å². The number of benzene rings is 2. The molecular weight excluding hydrogens is 310 g/mol. The van der Waals surface area contributed by atoms with E-state index in [2.05, 4.69) is 10.4 Å². The van der Waals surface area contributed by atoms with Crippen LogP contribution in [0.15, 0.2) is 65.7 Å². The van der Waals surface area contributed by atoms with Crippen LogP contribution in [0, 0.1) is 0 Å². The van der Waals surface area contributed by atoms with Crippen LogP contribution in [0.5, 0.6) is 0 Å². The molecule has 0 aromatic heterocycles. The van der Waals surface area contributed by atoms with Gasteiger partial charge < -0.3 is 5.48 Å². The maximum Gasteiger partial charge on any atom is 0.279 e. The molecule has 0 fully saturated rings. The fourth-order valence-corrected chi connectivity index (χ4v) is 3.01. The van der Waals surface area contributed by atoms with Gasteiger partial charge in [-0.2, -0.15) is 5.01 Å². The standard InChI is InChI=1S/C17H17N3OS.H2O/c1-17(13-9-5-3-6-10-13)15(21)20(16(18-17)22-2)19-14-11-7-4-8-12-14;/h3-12,19H,1-2H3;1H2/t17-;/m0./s1. The molecule has 1 aliphatic heterocycles. The van der Waals surface area contributed by atoms with Gasteiger partial charge in [-0.3, -0.25) is 10.2 Å². The first-order valence-corrected chi connectivity index (χ1v) is 8.23. The van der Waals surface area contributed by atoms with Gasteiger partial charge >= 0.3 is 0 Å². The Hall–Kier alpha value is -2.31. The molecule has 2 aromatic rings. The molecule has 6 heteroatoms. The van der Waals surface area contributed by atoms with Crippen LogP contribution < -0.4 is 5.43 Å². The molecule has 0 aliphatic carbocycles. The second kappa shape index (κ2) is 6.85. The van der Waals surface area contributed by atoms with E-state index in [4.69, 9.17) is 0 Å². The largest absolute Gasteiger partial charge is 0.412 e. The van der Waals surface area contributed by atoms with Crippen LogP contribution in [0.25, 0.3) is 0 Å². The Labute approximate surface area is 139 Å². The van der Waals surface area contributed by atoms with Gasteiger partial charge in [-0.05, 0) is 30.9 Å². The van der Waals surface area contributed by atoms with E-state index < -0.39 is 5.54 Å². The SMILES string of the molecule is CSC1=N[C@@](C)(c2ccccc2)C(=O)N1Nc1ccccc1.O. The van der Waals surface area contributed by atoms with Crippen LogP contribution in [0.3, 0.4) is 0 Å². The summed E-state index contributed by atoms with van der Waals surface area (Å²) in [5.74, 6) is -0.0769. The molecule has 0 saturated heterocycles. The van der Waals surface area contributed by atoms with Gasteiger partial charge in [0.05, 0.1) is 5.69 Å². The Morgan fingerprint density at radius 3 is 2.17 bits per heavy atom. The molecule has 1 atom stereocenters. The Morgan fingerprint density at radius 1 is 1.04 bits per heavy atom. The zero-order chi connectivity index (χ0) is 15.6. The topological polar surface area (TPSA) is 76.2 Å².